The van der Waals surface area contributed by atoms with Gasteiger partial charge in [0, 0.05) is 24.0 Å². The molecule has 0 bridgehead atoms. The van der Waals surface area contributed by atoms with Crippen molar-refractivity contribution in [3.05, 3.63) is 46.5 Å². The predicted octanol–water partition coefficient (Wildman–Crippen LogP) is 2.61. The Labute approximate surface area is 140 Å². The molecule has 2 aromatic carbocycles. The summed E-state index contributed by atoms with van der Waals surface area (Å²) in [5.41, 5.74) is 4.52. The first-order valence-electron chi connectivity index (χ1n) is 8.19. The van der Waals surface area contributed by atoms with Crippen LogP contribution >= 0.6 is 0 Å². The third-order valence-electron chi connectivity index (χ3n) is 5.69. The number of methoxy groups -OCH3 is 1. The van der Waals surface area contributed by atoms with Gasteiger partial charge in [0.15, 0.2) is 23.0 Å². The van der Waals surface area contributed by atoms with Crippen LogP contribution in [0.1, 0.15) is 28.3 Å². The molecule has 3 N–H and O–H groups in total. The van der Waals surface area contributed by atoms with E-state index >= 15 is 0 Å². The van der Waals surface area contributed by atoms with Crippen molar-refractivity contribution in [2.45, 2.75) is 25.4 Å². The van der Waals surface area contributed by atoms with E-state index in [2.05, 4.69) is 7.05 Å². The van der Waals surface area contributed by atoms with Crippen LogP contribution in [0.4, 0.5) is 0 Å². The number of fused-ring (bicyclic) bond motifs is 4. The predicted molar refractivity (Wildman–Crippen MR) is 89.3 cm³/mol. The summed E-state index contributed by atoms with van der Waals surface area (Å²) in [5, 5.41) is 29.8. The lowest BCUT2D eigenvalue weighted by atomic mass is 9.81. The molecule has 4 rings (SSSR count). The molecule has 2 aliphatic heterocycles. The van der Waals surface area contributed by atoms with E-state index in [4.69, 9.17) is 4.74 Å². The normalized spacial score (nSPS) is 24.7. The molecule has 24 heavy (non-hydrogen) atoms. The molecule has 0 fully saturated rings. The molecule has 0 saturated carbocycles. The fourth-order valence-electron chi connectivity index (χ4n) is 4.30. The lowest BCUT2D eigenvalue weighted by Gasteiger charge is -2.49. The Kier molecular flexibility index (Phi) is 3.18. The smallest absolute Gasteiger partial charge is 0.160 e. The van der Waals surface area contributed by atoms with Gasteiger partial charge < -0.3 is 24.5 Å². The summed E-state index contributed by atoms with van der Waals surface area (Å²) in [7, 11) is 3.79. The van der Waals surface area contributed by atoms with Gasteiger partial charge in [-0.05, 0) is 35.4 Å². The Morgan fingerprint density at radius 1 is 0.958 bits per heavy atom. The maximum absolute atomic E-state index is 10.2. The zero-order valence-electron chi connectivity index (χ0n) is 13.9. The van der Waals surface area contributed by atoms with Crippen LogP contribution in [0, 0.1) is 0 Å². The van der Waals surface area contributed by atoms with Gasteiger partial charge in [-0.15, -0.1) is 0 Å². The molecule has 0 aromatic heterocycles. The van der Waals surface area contributed by atoms with Crippen LogP contribution in [0.5, 0.6) is 23.0 Å². The molecule has 0 saturated heterocycles. The van der Waals surface area contributed by atoms with Crippen LogP contribution in [0.3, 0.4) is 0 Å². The van der Waals surface area contributed by atoms with Gasteiger partial charge in [0.25, 0.3) is 0 Å². The second-order valence-corrected chi connectivity index (χ2v) is 7.16. The molecule has 0 amide bonds. The van der Waals surface area contributed by atoms with Gasteiger partial charge in [0.05, 0.1) is 20.7 Å². The van der Waals surface area contributed by atoms with Crippen molar-refractivity contribution < 1.29 is 24.5 Å². The van der Waals surface area contributed by atoms with E-state index in [0.29, 0.717) is 5.75 Å². The summed E-state index contributed by atoms with van der Waals surface area (Å²) in [4.78, 5) is 0. The van der Waals surface area contributed by atoms with Crippen LogP contribution < -0.4 is 4.74 Å². The fourth-order valence-corrected chi connectivity index (χ4v) is 4.30. The van der Waals surface area contributed by atoms with Crippen LogP contribution in [0.2, 0.25) is 0 Å². The van der Waals surface area contributed by atoms with E-state index in [1.807, 2.05) is 12.1 Å². The van der Waals surface area contributed by atoms with Gasteiger partial charge in [-0.25, -0.2) is 0 Å². The highest BCUT2D eigenvalue weighted by Gasteiger charge is 2.43. The van der Waals surface area contributed by atoms with E-state index in [-0.39, 0.29) is 23.3 Å². The molecule has 2 aromatic rings. The SMILES string of the molecule is COc1cc2c(cc1O)[C@@H]1Cc3cc(O)c(O)cc3C[N+]1(C)CC2. The number of hydrogen-bond donors (Lipinski definition) is 3. The summed E-state index contributed by atoms with van der Waals surface area (Å²) in [5.74, 6) is 0.560. The number of phenolic OH excluding ortho intramolecular Hbond substituents is 3. The Hall–Kier alpha value is -2.40. The maximum Gasteiger partial charge on any atom is 0.160 e. The van der Waals surface area contributed by atoms with Crippen molar-refractivity contribution >= 4 is 0 Å². The zero-order valence-corrected chi connectivity index (χ0v) is 13.9. The standard InChI is InChI=1S/C19H21NO4/c1-20-4-3-11-8-19(24-2)18(23)9-14(11)15(20)5-12-6-16(21)17(22)7-13(12)10-20/h6-9,15H,3-5,10H2,1-2H3,(H2-,21,22,23)/p+1/t15-,20?/m0/s1. The number of hydrogen-bond acceptors (Lipinski definition) is 4. The highest BCUT2D eigenvalue weighted by atomic mass is 16.5. The van der Waals surface area contributed by atoms with Crippen molar-refractivity contribution in [2.24, 2.45) is 0 Å². The molecule has 5 nitrogen and oxygen atoms in total. The number of nitrogens with zero attached hydrogens (tertiary/aromatic N) is 1. The van der Waals surface area contributed by atoms with Crippen LogP contribution in [0.25, 0.3) is 0 Å². The largest absolute Gasteiger partial charge is 0.504 e. The molecule has 0 spiro atoms. The minimum absolute atomic E-state index is 0.0569. The second kappa shape index (κ2) is 5.05. The Bertz CT molecular complexity index is 833. The highest BCUT2D eigenvalue weighted by molar-refractivity contribution is 5.50. The van der Waals surface area contributed by atoms with Crippen molar-refractivity contribution in [1.82, 2.24) is 0 Å². The average molecular weight is 328 g/mol. The fraction of sp³-hybridized carbons (Fsp3) is 0.368. The van der Waals surface area contributed by atoms with Crippen LogP contribution in [-0.4, -0.2) is 40.5 Å². The highest BCUT2D eigenvalue weighted by Crippen LogP contribution is 2.47. The van der Waals surface area contributed by atoms with Crippen molar-refractivity contribution in [3.63, 3.8) is 0 Å². The zero-order chi connectivity index (χ0) is 17.1. The topological polar surface area (TPSA) is 69.9 Å². The minimum atomic E-state index is -0.0709. The minimum Gasteiger partial charge on any atom is -0.504 e. The summed E-state index contributed by atoms with van der Waals surface area (Å²) < 4.78 is 6.08. The van der Waals surface area contributed by atoms with E-state index < -0.39 is 0 Å². The Morgan fingerprint density at radius 2 is 1.67 bits per heavy atom. The first-order chi connectivity index (χ1) is 11.4. The number of likely N-dealkylation sites (N-methyl/N-ethyl adjacent to an activating group) is 1. The molecule has 5 heteroatoms. The summed E-state index contributed by atoms with van der Waals surface area (Å²) in [6, 6.07) is 7.36. The number of phenols is 3. The molecule has 126 valence electrons. The number of aromatic hydroxyl groups is 3. The number of benzene rings is 2. The van der Waals surface area contributed by atoms with E-state index in [1.165, 1.54) is 5.56 Å². The molecular formula is C19H22NO4+. The summed E-state index contributed by atoms with van der Waals surface area (Å²) in [6.45, 7) is 1.80. The quantitative estimate of drug-likeness (QED) is 0.556. The Morgan fingerprint density at radius 3 is 2.38 bits per heavy atom. The van der Waals surface area contributed by atoms with E-state index in [9.17, 15) is 15.3 Å². The number of ether oxygens (including phenoxy) is 1. The van der Waals surface area contributed by atoms with Crippen LogP contribution in [0.15, 0.2) is 24.3 Å². The monoisotopic (exact) mass is 328 g/mol. The van der Waals surface area contributed by atoms with Gasteiger partial charge in [-0.3, -0.25) is 0 Å². The molecule has 2 aliphatic rings. The third-order valence-corrected chi connectivity index (χ3v) is 5.69. The first-order valence-corrected chi connectivity index (χ1v) is 8.19. The third kappa shape index (κ3) is 2.12. The van der Waals surface area contributed by atoms with Crippen LogP contribution in [-0.2, 0) is 19.4 Å². The van der Waals surface area contributed by atoms with Gasteiger partial charge in [-0.2, -0.15) is 0 Å². The summed E-state index contributed by atoms with van der Waals surface area (Å²) >= 11 is 0. The molecular weight excluding hydrogens is 306 g/mol. The van der Waals surface area contributed by atoms with Crippen molar-refractivity contribution in [2.75, 3.05) is 20.7 Å². The van der Waals surface area contributed by atoms with Gasteiger partial charge in [0.1, 0.15) is 12.6 Å². The van der Waals surface area contributed by atoms with Gasteiger partial charge >= 0.3 is 0 Å². The molecule has 0 aliphatic carbocycles. The Balaban J connectivity index is 1.82. The lowest BCUT2D eigenvalue weighted by molar-refractivity contribution is -0.956. The van der Waals surface area contributed by atoms with Crippen molar-refractivity contribution in [3.8, 4) is 23.0 Å². The lowest BCUT2D eigenvalue weighted by Crippen LogP contribution is -2.53. The average Bonchev–Trinajstić information content (AvgIpc) is 2.54. The maximum atomic E-state index is 10.2. The number of quaternary nitrogens is 1. The van der Waals surface area contributed by atoms with Gasteiger partial charge in [-0.1, -0.05) is 0 Å². The number of rotatable bonds is 1. The first kappa shape index (κ1) is 15.1. The van der Waals surface area contributed by atoms with E-state index in [1.54, 1.807) is 19.2 Å². The summed E-state index contributed by atoms with van der Waals surface area (Å²) in [6.07, 6.45) is 1.71. The van der Waals surface area contributed by atoms with Gasteiger partial charge in [0.2, 0.25) is 0 Å². The second-order valence-electron chi connectivity index (χ2n) is 7.16. The molecule has 2 atom stereocenters. The molecule has 2 heterocycles. The molecule has 0 radical (unpaired) electrons. The molecule has 1 unspecified atom stereocenters. The van der Waals surface area contributed by atoms with Crippen molar-refractivity contribution in [1.29, 1.82) is 0 Å². The van der Waals surface area contributed by atoms with E-state index in [0.717, 1.165) is 47.1 Å².